The average Bonchev–Trinajstić information content (AvgIpc) is 3.26. The van der Waals surface area contributed by atoms with Crippen molar-refractivity contribution in [2.45, 2.75) is 6.92 Å². The number of hydrogen-bond acceptors (Lipinski definition) is 5. The first kappa shape index (κ1) is 35.6. The third-order valence-corrected chi connectivity index (χ3v) is 9.70. The molecule has 8 aromatic carbocycles. The number of ether oxygens (including phenoxy) is 2. The number of rotatable bonds is 12. The number of aryl methyl sites for hydroxylation is 1. The molecule has 0 heterocycles. The molecule has 8 rings (SSSR count). The molecule has 0 radical (unpaired) electrons. The molecule has 0 saturated carbocycles. The number of benzene rings is 8. The molecule has 0 aliphatic rings. The average molecular weight is 729 g/mol. The molecule has 5 nitrogen and oxygen atoms in total. The van der Waals surface area contributed by atoms with E-state index in [1.165, 1.54) is 0 Å². The Balaban J connectivity index is 1.00. The monoisotopic (exact) mass is 728 g/mol. The number of ketones is 1. The van der Waals surface area contributed by atoms with Crippen molar-refractivity contribution >= 4 is 39.9 Å². The van der Waals surface area contributed by atoms with Crippen molar-refractivity contribution in [2.24, 2.45) is 0 Å². The van der Waals surface area contributed by atoms with Gasteiger partial charge in [-0.2, -0.15) is 0 Å². The van der Waals surface area contributed by atoms with Crippen molar-refractivity contribution in [2.75, 3.05) is 16.9 Å². The first-order valence-electron chi connectivity index (χ1n) is 18.6. The Labute approximate surface area is 328 Å². The number of methoxy groups -OCH3 is 1. The Morgan fingerprint density at radius 1 is 0.375 bits per heavy atom. The maximum absolute atomic E-state index is 12.9. The molecular formula is C51H40N2O3. The van der Waals surface area contributed by atoms with E-state index in [9.17, 15) is 4.79 Å². The van der Waals surface area contributed by atoms with E-state index in [4.69, 9.17) is 9.47 Å². The number of anilines is 6. The summed E-state index contributed by atoms with van der Waals surface area (Å²) < 4.78 is 11.6. The third kappa shape index (κ3) is 7.93. The fourth-order valence-electron chi connectivity index (χ4n) is 6.73. The Morgan fingerprint density at radius 2 is 0.696 bits per heavy atom. The Bertz CT molecular complexity index is 2500. The summed E-state index contributed by atoms with van der Waals surface area (Å²) in [6, 6.07) is 69.2. The topological polar surface area (TPSA) is 42.0 Å². The van der Waals surface area contributed by atoms with E-state index in [1.807, 2.05) is 104 Å². The summed E-state index contributed by atoms with van der Waals surface area (Å²) >= 11 is 0. The van der Waals surface area contributed by atoms with Gasteiger partial charge in [-0.3, -0.25) is 4.79 Å². The summed E-state index contributed by atoms with van der Waals surface area (Å²) in [5.74, 6) is 2.18. The zero-order valence-corrected chi connectivity index (χ0v) is 31.2. The van der Waals surface area contributed by atoms with Crippen LogP contribution in [0.25, 0.3) is 11.1 Å². The molecule has 0 atom stereocenters. The zero-order chi connectivity index (χ0) is 38.3. The van der Waals surface area contributed by atoms with Crippen LogP contribution in [-0.4, -0.2) is 12.9 Å². The molecule has 56 heavy (non-hydrogen) atoms. The van der Waals surface area contributed by atoms with Gasteiger partial charge in [0.25, 0.3) is 0 Å². The van der Waals surface area contributed by atoms with Crippen molar-refractivity contribution < 1.29 is 14.3 Å². The van der Waals surface area contributed by atoms with Crippen LogP contribution in [0.1, 0.15) is 21.5 Å². The predicted octanol–water partition coefficient (Wildman–Crippen LogP) is 13.6. The van der Waals surface area contributed by atoms with Gasteiger partial charge in [-0.15, -0.1) is 0 Å². The maximum atomic E-state index is 12.9. The molecule has 0 unspecified atom stereocenters. The number of para-hydroxylation sites is 2. The number of nitrogens with zero attached hydrogens (tertiary/aromatic N) is 2. The molecule has 5 heteroatoms. The molecule has 0 amide bonds. The summed E-state index contributed by atoms with van der Waals surface area (Å²) in [4.78, 5) is 17.4. The van der Waals surface area contributed by atoms with Crippen LogP contribution in [0.4, 0.5) is 34.1 Å². The van der Waals surface area contributed by atoms with Gasteiger partial charge >= 0.3 is 0 Å². The second kappa shape index (κ2) is 16.3. The largest absolute Gasteiger partial charge is 0.497 e. The van der Waals surface area contributed by atoms with Crippen LogP contribution >= 0.6 is 0 Å². The molecular weight excluding hydrogens is 689 g/mol. The minimum Gasteiger partial charge on any atom is -0.497 e. The van der Waals surface area contributed by atoms with E-state index in [0.717, 1.165) is 56.6 Å². The van der Waals surface area contributed by atoms with E-state index < -0.39 is 0 Å². The number of hydrogen-bond donors (Lipinski definition) is 0. The molecule has 0 spiro atoms. The Kier molecular flexibility index (Phi) is 10.4. The van der Waals surface area contributed by atoms with Gasteiger partial charge in [0.15, 0.2) is 5.78 Å². The van der Waals surface area contributed by atoms with Crippen molar-refractivity contribution in [1.29, 1.82) is 0 Å². The molecule has 0 aliphatic heterocycles. The Hall–Kier alpha value is -7.37. The lowest BCUT2D eigenvalue weighted by molar-refractivity contribution is 0.103. The second-order valence-electron chi connectivity index (χ2n) is 13.4. The normalized spacial score (nSPS) is 10.8. The maximum Gasteiger partial charge on any atom is 0.193 e. The standard InChI is InChI=1S/C51H40N2O3/c1-37-13-15-40(16-14-37)51(54)41-21-31-49(32-22-41)56-50-35-29-47(30-36-50)53(43-11-7-4-8-12-43)45-25-19-39(20-26-45)38-17-23-44(24-18-38)52(42-9-5-3-6-10-42)46-27-33-48(55-2)34-28-46/h3-36H,1-2H3. The highest BCUT2D eigenvalue weighted by Gasteiger charge is 2.15. The van der Waals surface area contributed by atoms with Gasteiger partial charge in [-0.1, -0.05) is 90.5 Å². The molecule has 0 fully saturated rings. The fraction of sp³-hybridized carbons (Fsp3) is 0.0392. The van der Waals surface area contributed by atoms with Gasteiger partial charge in [-0.25, -0.2) is 0 Å². The highest BCUT2D eigenvalue weighted by Crippen LogP contribution is 2.39. The van der Waals surface area contributed by atoms with E-state index in [1.54, 1.807) is 7.11 Å². The highest BCUT2D eigenvalue weighted by atomic mass is 16.5. The van der Waals surface area contributed by atoms with Crippen LogP contribution in [0.3, 0.4) is 0 Å². The van der Waals surface area contributed by atoms with E-state index in [-0.39, 0.29) is 5.78 Å². The summed E-state index contributed by atoms with van der Waals surface area (Å²) in [7, 11) is 1.68. The molecule has 0 aliphatic carbocycles. The van der Waals surface area contributed by atoms with Crippen LogP contribution in [-0.2, 0) is 0 Å². The fourth-order valence-corrected chi connectivity index (χ4v) is 6.73. The van der Waals surface area contributed by atoms with Crippen molar-refractivity contribution in [3.05, 3.63) is 223 Å². The van der Waals surface area contributed by atoms with Gasteiger partial charge in [0, 0.05) is 45.3 Å². The van der Waals surface area contributed by atoms with Crippen LogP contribution in [0, 0.1) is 6.92 Å². The summed E-state index contributed by atoms with van der Waals surface area (Å²) in [5.41, 5.74) is 10.9. The highest BCUT2D eigenvalue weighted by molar-refractivity contribution is 6.09. The molecule has 0 saturated heterocycles. The molecule has 8 aromatic rings. The van der Waals surface area contributed by atoms with Crippen molar-refractivity contribution in [3.63, 3.8) is 0 Å². The van der Waals surface area contributed by atoms with Gasteiger partial charge in [0.05, 0.1) is 7.11 Å². The smallest absolute Gasteiger partial charge is 0.193 e. The van der Waals surface area contributed by atoms with Gasteiger partial charge in [0.1, 0.15) is 17.2 Å². The quantitative estimate of drug-likeness (QED) is 0.117. The van der Waals surface area contributed by atoms with Gasteiger partial charge in [-0.05, 0) is 139 Å². The molecule has 272 valence electrons. The lowest BCUT2D eigenvalue weighted by Crippen LogP contribution is -2.10. The van der Waals surface area contributed by atoms with Crippen LogP contribution in [0.15, 0.2) is 206 Å². The SMILES string of the molecule is COc1ccc(N(c2ccccc2)c2ccc(-c3ccc(N(c4ccccc4)c4ccc(Oc5ccc(C(=O)c6ccc(C)cc6)cc5)cc4)cc3)cc2)cc1. The Morgan fingerprint density at radius 3 is 1.09 bits per heavy atom. The summed E-state index contributed by atoms with van der Waals surface area (Å²) in [6.07, 6.45) is 0. The van der Waals surface area contributed by atoms with Crippen LogP contribution in [0.2, 0.25) is 0 Å². The minimum atomic E-state index is -0.0104. The summed E-state index contributed by atoms with van der Waals surface area (Å²) in [5, 5.41) is 0. The number of carbonyl (C=O) groups is 1. The van der Waals surface area contributed by atoms with Gasteiger partial charge in [0.2, 0.25) is 0 Å². The van der Waals surface area contributed by atoms with E-state index in [2.05, 4.69) is 119 Å². The first-order valence-corrected chi connectivity index (χ1v) is 18.6. The van der Waals surface area contributed by atoms with E-state index >= 15 is 0 Å². The molecule has 0 bridgehead atoms. The van der Waals surface area contributed by atoms with Crippen molar-refractivity contribution in [3.8, 4) is 28.4 Å². The van der Waals surface area contributed by atoms with Crippen LogP contribution in [0.5, 0.6) is 17.2 Å². The van der Waals surface area contributed by atoms with Gasteiger partial charge < -0.3 is 19.3 Å². The van der Waals surface area contributed by atoms with E-state index in [0.29, 0.717) is 22.6 Å². The third-order valence-electron chi connectivity index (χ3n) is 9.70. The zero-order valence-electron chi connectivity index (χ0n) is 31.2. The lowest BCUT2D eigenvalue weighted by atomic mass is 10.0. The molecule has 0 aromatic heterocycles. The van der Waals surface area contributed by atoms with Crippen LogP contribution < -0.4 is 19.3 Å². The minimum absolute atomic E-state index is 0.0104. The first-order chi connectivity index (χ1) is 27.5. The molecule has 0 N–H and O–H groups in total. The second-order valence-corrected chi connectivity index (χ2v) is 13.4. The summed E-state index contributed by atoms with van der Waals surface area (Å²) in [6.45, 7) is 2.01. The predicted molar refractivity (Wildman–Crippen MR) is 229 cm³/mol. The lowest BCUT2D eigenvalue weighted by Gasteiger charge is -2.26. The number of carbonyl (C=O) groups excluding carboxylic acids is 1. The van der Waals surface area contributed by atoms with Crippen molar-refractivity contribution in [1.82, 2.24) is 0 Å².